The molecule has 0 aliphatic carbocycles. The zero-order valence-corrected chi connectivity index (χ0v) is 23.3. The normalized spacial score (nSPS) is 11.3. The van der Waals surface area contributed by atoms with Crippen molar-refractivity contribution in [1.29, 1.82) is 0 Å². The first-order valence-electron chi connectivity index (χ1n) is 12.3. The monoisotopic (exact) mass is 575 g/mol. The summed E-state index contributed by atoms with van der Waals surface area (Å²) in [6.07, 6.45) is 1.45. The van der Waals surface area contributed by atoms with Gasteiger partial charge in [-0.25, -0.2) is 18.2 Å². The molecule has 0 aliphatic rings. The summed E-state index contributed by atoms with van der Waals surface area (Å²) in [5.41, 5.74) is 2.09. The SMILES string of the molecule is CCOC(=O)c1cn(Cc2ccccc2-c2ccccc2)c2sc(NS(=O)(=O)c3ccc(OC)cc3)nc2c1=O. The Kier molecular flexibility index (Phi) is 7.67. The Labute approximate surface area is 234 Å². The van der Waals surface area contributed by atoms with E-state index in [0.717, 1.165) is 28.0 Å². The van der Waals surface area contributed by atoms with Crippen LogP contribution in [0.5, 0.6) is 5.75 Å². The fraction of sp³-hybridized carbons (Fsp3) is 0.138. The number of pyridine rings is 1. The first kappa shape index (κ1) is 27.1. The zero-order chi connectivity index (χ0) is 28.3. The van der Waals surface area contributed by atoms with Gasteiger partial charge in [0, 0.05) is 12.7 Å². The number of esters is 1. The highest BCUT2D eigenvalue weighted by Crippen LogP contribution is 2.30. The quantitative estimate of drug-likeness (QED) is 0.241. The van der Waals surface area contributed by atoms with Gasteiger partial charge >= 0.3 is 5.97 Å². The van der Waals surface area contributed by atoms with E-state index in [1.54, 1.807) is 11.5 Å². The molecule has 2 heterocycles. The van der Waals surface area contributed by atoms with Gasteiger partial charge < -0.3 is 14.0 Å². The highest BCUT2D eigenvalue weighted by atomic mass is 32.2. The Bertz CT molecular complexity index is 1850. The van der Waals surface area contributed by atoms with Crippen molar-refractivity contribution in [3.05, 3.63) is 106 Å². The minimum Gasteiger partial charge on any atom is -0.497 e. The predicted octanol–water partition coefficient (Wildman–Crippen LogP) is 5.16. The van der Waals surface area contributed by atoms with Crippen LogP contribution in [0.15, 0.2) is 94.7 Å². The van der Waals surface area contributed by atoms with Gasteiger partial charge in [-0.1, -0.05) is 65.9 Å². The van der Waals surface area contributed by atoms with Crippen molar-refractivity contribution in [1.82, 2.24) is 9.55 Å². The van der Waals surface area contributed by atoms with E-state index in [1.807, 2.05) is 54.6 Å². The maximum absolute atomic E-state index is 13.3. The molecule has 0 bridgehead atoms. The molecule has 0 saturated heterocycles. The molecular weight excluding hydrogens is 550 g/mol. The third-order valence-electron chi connectivity index (χ3n) is 6.14. The van der Waals surface area contributed by atoms with Gasteiger partial charge in [0.05, 0.1) is 18.6 Å². The Balaban J connectivity index is 1.60. The number of ether oxygens (including phenoxy) is 2. The summed E-state index contributed by atoms with van der Waals surface area (Å²) >= 11 is 1.01. The lowest BCUT2D eigenvalue weighted by molar-refractivity contribution is 0.0524. The summed E-state index contributed by atoms with van der Waals surface area (Å²) in [5.74, 6) is -0.258. The second-order valence-corrected chi connectivity index (χ2v) is 11.4. The van der Waals surface area contributed by atoms with Crippen molar-refractivity contribution in [2.45, 2.75) is 18.4 Å². The maximum Gasteiger partial charge on any atom is 0.343 e. The van der Waals surface area contributed by atoms with Crippen molar-refractivity contribution in [2.75, 3.05) is 18.4 Å². The van der Waals surface area contributed by atoms with E-state index in [4.69, 9.17) is 9.47 Å². The lowest BCUT2D eigenvalue weighted by atomic mass is 9.99. The number of carbonyl (C=O) groups excluding carboxylic acids is 1. The number of hydrogen-bond acceptors (Lipinski definition) is 8. The van der Waals surface area contributed by atoms with Crippen LogP contribution in [-0.2, 0) is 21.3 Å². The highest BCUT2D eigenvalue weighted by Gasteiger charge is 2.23. The van der Waals surface area contributed by atoms with Gasteiger partial charge in [-0.15, -0.1) is 0 Å². The fourth-order valence-corrected chi connectivity index (χ4v) is 6.41. The van der Waals surface area contributed by atoms with Crippen LogP contribution in [0.2, 0.25) is 0 Å². The number of aromatic nitrogens is 2. The summed E-state index contributed by atoms with van der Waals surface area (Å²) in [4.78, 5) is 30.7. The summed E-state index contributed by atoms with van der Waals surface area (Å²) < 4.78 is 40.5. The average molecular weight is 576 g/mol. The van der Waals surface area contributed by atoms with Gasteiger partial charge in [0.25, 0.3) is 10.0 Å². The molecule has 0 amide bonds. The number of nitrogens with one attached hydrogen (secondary N) is 1. The number of sulfonamides is 1. The van der Waals surface area contributed by atoms with E-state index in [1.165, 1.54) is 37.6 Å². The van der Waals surface area contributed by atoms with Crippen LogP contribution in [-0.4, -0.2) is 37.7 Å². The molecule has 2 aromatic heterocycles. The van der Waals surface area contributed by atoms with E-state index in [9.17, 15) is 18.0 Å². The molecule has 11 heteroatoms. The molecule has 5 rings (SSSR count). The summed E-state index contributed by atoms with van der Waals surface area (Å²) in [7, 11) is -2.52. The average Bonchev–Trinajstić information content (AvgIpc) is 3.39. The van der Waals surface area contributed by atoms with Crippen LogP contribution in [0.4, 0.5) is 5.13 Å². The molecule has 1 N–H and O–H groups in total. The second kappa shape index (κ2) is 11.3. The smallest absolute Gasteiger partial charge is 0.343 e. The Morgan fingerprint density at radius 2 is 1.70 bits per heavy atom. The summed E-state index contributed by atoms with van der Waals surface area (Å²) in [6, 6.07) is 23.5. The van der Waals surface area contributed by atoms with Crippen LogP contribution in [0.25, 0.3) is 21.5 Å². The number of anilines is 1. The topological polar surface area (TPSA) is 117 Å². The third kappa shape index (κ3) is 5.47. The molecule has 40 heavy (non-hydrogen) atoms. The van der Waals surface area contributed by atoms with Crippen LogP contribution in [0, 0.1) is 0 Å². The van der Waals surface area contributed by atoms with E-state index in [-0.39, 0.29) is 27.7 Å². The van der Waals surface area contributed by atoms with Crippen LogP contribution < -0.4 is 14.9 Å². The van der Waals surface area contributed by atoms with Crippen LogP contribution >= 0.6 is 11.3 Å². The van der Waals surface area contributed by atoms with E-state index < -0.39 is 21.4 Å². The molecule has 0 spiro atoms. The van der Waals surface area contributed by atoms with Gasteiger partial charge in [-0.2, -0.15) is 0 Å². The largest absolute Gasteiger partial charge is 0.497 e. The number of fused-ring (bicyclic) bond motifs is 1. The zero-order valence-electron chi connectivity index (χ0n) is 21.7. The van der Waals surface area contributed by atoms with Crippen molar-refractivity contribution < 1.29 is 22.7 Å². The molecular formula is C29H25N3O6S2. The number of thiazole rings is 1. The molecule has 0 aliphatic heterocycles. The third-order valence-corrected chi connectivity index (χ3v) is 8.64. The standard InChI is InChI=1S/C29H25N3O6S2/c1-3-38-28(34)24-18-32(17-20-11-7-8-12-23(20)19-9-5-4-6-10-19)27-25(26(24)33)30-29(39-27)31-40(35,36)22-15-13-21(37-2)14-16-22/h4-16,18H,3,17H2,1-2H3,(H,30,31). The number of benzene rings is 3. The van der Waals surface area contributed by atoms with Gasteiger partial charge in [-0.3, -0.25) is 9.52 Å². The highest BCUT2D eigenvalue weighted by molar-refractivity contribution is 7.93. The maximum atomic E-state index is 13.3. The number of carbonyl (C=O) groups is 1. The molecule has 0 unspecified atom stereocenters. The van der Waals surface area contributed by atoms with Crippen LogP contribution in [0.3, 0.4) is 0 Å². The second-order valence-electron chi connectivity index (χ2n) is 8.70. The molecule has 0 radical (unpaired) electrons. The van der Waals surface area contributed by atoms with Gasteiger partial charge in [0.15, 0.2) is 5.13 Å². The Morgan fingerprint density at radius 1 is 1.00 bits per heavy atom. The Hall–Kier alpha value is -4.48. The molecule has 5 aromatic rings. The Morgan fingerprint density at radius 3 is 2.40 bits per heavy atom. The fourth-order valence-electron chi connectivity index (χ4n) is 4.24. The van der Waals surface area contributed by atoms with Crippen LogP contribution in [0.1, 0.15) is 22.8 Å². The summed E-state index contributed by atoms with van der Waals surface area (Å²) in [6.45, 7) is 2.04. The predicted molar refractivity (Wildman–Crippen MR) is 155 cm³/mol. The molecule has 0 saturated carbocycles. The minimum atomic E-state index is -4.01. The number of nitrogens with zero attached hydrogens (tertiary/aromatic N) is 2. The lowest BCUT2D eigenvalue weighted by Gasteiger charge is -2.14. The first-order chi connectivity index (χ1) is 19.3. The lowest BCUT2D eigenvalue weighted by Crippen LogP contribution is -2.21. The van der Waals surface area contributed by atoms with Gasteiger partial charge in [-0.05, 0) is 47.9 Å². The van der Waals surface area contributed by atoms with E-state index >= 15 is 0 Å². The molecule has 0 fully saturated rings. The minimum absolute atomic E-state index is 0.00554. The van der Waals surface area contributed by atoms with Crippen molar-refractivity contribution in [3.63, 3.8) is 0 Å². The molecule has 0 atom stereocenters. The van der Waals surface area contributed by atoms with Crippen molar-refractivity contribution >= 4 is 42.8 Å². The van der Waals surface area contributed by atoms with Gasteiger partial charge in [0.2, 0.25) is 5.43 Å². The molecule has 3 aromatic carbocycles. The number of rotatable bonds is 9. The molecule has 204 valence electrons. The number of methoxy groups -OCH3 is 1. The first-order valence-corrected chi connectivity index (χ1v) is 14.6. The van der Waals surface area contributed by atoms with Gasteiger partial charge in [0.1, 0.15) is 21.7 Å². The van der Waals surface area contributed by atoms with E-state index in [0.29, 0.717) is 17.1 Å². The van der Waals surface area contributed by atoms with E-state index in [2.05, 4.69) is 9.71 Å². The van der Waals surface area contributed by atoms with Crippen molar-refractivity contribution in [2.24, 2.45) is 0 Å². The summed E-state index contributed by atoms with van der Waals surface area (Å²) in [5, 5.41) is -0.00554. The van der Waals surface area contributed by atoms with Crippen molar-refractivity contribution in [3.8, 4) is 16.9 Å². The molecule has 9 nitrogen and oxygen atoms in total. The number of hydrogen-bond donors (Lipinski definition) is 1.